The number of thiophene rings is 1. The zero-order chi connectivity index (χ0) is 30.0. The van der Waals surface area contributed by atoms with E-state index in [-0.39, 0.29) is 0 Å². The lowest BCUT2D eigenvalue weighted by molar-refractivity contribution is 1.57. The highest BCUT2D eigenvalue weighted by molar-refractivity contribution is 7.21. The van der Waals surface area contributed by atoms with Gasteiger partial charge in [-0.2, -0.15) is 0 Å². The van der Waals surface area contributed by atoms with E-state index >= 15 is 0 Å². The van der Waals surface area contributed by atoms with Crippen LogP contribution in [-0.2, 0) is 0 Å². The molecule has 8 rings (SSSR count). The fraction of sp³-hybridized carbons (Fsp3) is 0. The molecule has 0 fully saturated rings. The number of hydrogen-bond donors (Lipinski definition) is 0. The van der Waals surface area contributed by atoms with Gasteiger partial charge in [0.15, 0.2) is 0 Å². The fourth-order valence-corrected chi connectivity index (χ4v) is 7.67. The number of hydrogen-bond acceptors (Lipinski definition) is 1. The Labute approximate surface area is 268 Å². The van der Waals surface area contributed by atoms with Gasteiger partial charge in [0.05, 0.1) is 0 Å². The Hall–Kier alpha value is -5.50. The molecular weight excluding hydrogens is 561 g/mol. The van der Waals surface area contributed by atoms with E-state index in [0.29, 0.717) is 0 Å². The van der Waals surface area contributed by atoms with E-state index in [0.717, 1.165) is 0 Å². The minimum atomic E-state index is 1.22. The summed E-state index contributed by atoms with van der Waals surface area (Å²) in [6, 6.07) is 65.8. The van der Waals surface area contributed by atoms with Crippen molar-refractivity contribution in [3.8, 4) is 65.4 Å². The second kappa shape index (κ2) is 11.9. The monoisotopic (exact) mass is 590 g/mol. The van der Waals surface area contributed by atoms with Gasteiger partial charge in [0.2, 0.25) is 0 Å². The molecule has 0 radical (unpaired) electrons. The van der Waals surface area contributed by atoms with E-state index in [1.54, 1.807) is 0 Å². The van der Waals surface area contributed by atoms with E-state index in [2.05, 4.69) is 182 Å². The van der Waals surface area contributed by atoms with Crippen molar-refractivity contribution in [3.63, 3.8) is 0 Å². The molecule has 0 saturated carbocycles. The molecule has 0 spiro atoms. The lowest BCUT2D eigenvalue weighted by Crippen LogP contribution is -1.92. The molecular formula is C44H30S. The van der Waals surface area contributed by atoms with Gasteiger partial charge in [0.25, 0.3) is 0 Å². The molecule has 8 aromatic rings. The average molecular weight is 591 g/mol. The van der Waals surface area contributed by atoms with Crippen LogP contribution in [0.15, 0.2) is 182 Å². The minimum Gasteiger partial charge on any atom is -0.134 e. The highest BCUT2D eigenvalue weighted by Gasteiger charge is 2.22. The van der Waals surface area contributed by atoms with Crippen LogP contribution >= 0.6 is 11.3 Å². The summed E-state index contributed by atoms with van der Waals surface area (Å²) < 4.78 is 0. The Morgan fingerprint density at radius 1 is 0.267 bits per heavy atom. The van der Waals surface area contributed by atoms with Gasteiger partial charge >= 0.3 is 0 Å². The average Bonchev–Trinajstić information content (AvgIpc) is 3.52. The maximum Gasteiger partial charge on any atom is 0.0440 e. The van der Waals surface area contributed by atoms with Crippen molar-refractivity contribution in [1.29, 1.82) is 0 Å². The van der Waals surface area contributed by atoms with Gasteiger partial charge in [-0.1, -0.05) is 170 Å². The van der Waals surface area contributed by atoms with Crippen LogP contribution in [0.3, 0.4) is 0 Å². The second-order valence-corrected chi connectivity index (χ2v) is 12.3. The van der Waals surface area contributed by atoms with Crippen molar-refractivity contribution >= 4 is 22.1 Å². The molecule has 1 heteroatoms. The standard InChI is InChI=1S/C44H30S/c1-5-15-31(16-6-1)33-25-27-36(28-26-33)43-38-23-13-14-24-39(38)44(45-43)42-40(34-19-9-3-10-20-34)29-37(32-17-7-2-8-18-32)30-41(42)35-21-11-4-12-22-35/h1-30H. The minimum absolute atomic E-state index is 1.22. The van der Waals surface area contributed by atoms with E-state index in [4.69, 9.17) is 0 Å². The molecule has 1 heterocycles. The number of benzene rings is 7. The van der Waals surface area contributed by atoms with Gasteiger partial charge in [-0.05, 0) is 62.2 Å². The molecule has 0 unspecified atom stereocenters. The van der Waals surface area contributed by atoms with Crippen molar-refractivity contribution in [1.82, 2.24) is 0 Å². The van der Waals surface area contributed by atoms with Crippen molar-refractivity contribution in [2.45, 2.75) is 0 Å². The van der Waals surface area contributed by atoms with Crippen LogP contribution in [-0.4, -0.2) is 0 Å². The van der Waals surface area contributed by atoms with Crippen LogP contribution in [0.1, 0.15) is 0 Å². The normalized spacial score (nSPS) is 11.1. The summed E-state index contributed by atoms with van der Waals surface area (Å²) in [5.74, 6) is 0. The molecule has 0 aliphatic rings. The first kappa shape index (κ1) is 27.1. The van der Waals surface area contributed by atoms with Crippen molar-refractivity contribution in [3.05, 3.63) is 182 Å². The van der Waals surface area contributed by atoms with Gasteiger partial charge in [0.1, 0.15) is 0 Å². The molecule has 0 saturated heterocycles. The molecule has 7 aromatic carbocycles. The molecule has 1 aromatic heterocycles. The zero-order valence-electron chi connectivity index (χ0n) is 24.7. The lowest BCUT2D eigenvalue weighted by atomic mass is 9.86. The molecule has 0 nitrogen and oxygen atoms in total. The molecule has 0 amide bonds. The largest absolute Gasteiger partial charge is 0.134 e. The fourth-order valence-electron chi connectivity index (χ4n) is 6.31. The van der Waals surface area contributed by atoms with Crippen LogP contribution < -0.4 is 0 Å². The van der Waals surface area contributed by atoms with Gasteiger partial charge in [-0.3, -0.25) is 0 Å². The van der Waals surface area contributed by atoms with Gasteiger partial charge in [0, 0.05) is 26.1 Å². The molecule has 212 valence electrons. The van der Waals surface area contributed by atoms with Crippen LogP contribution in [0.5, 0.6) is 0 Å². The van der Waals surface area contributed by atoms with Crippen molar-refractivity contribution in [2.24, 2.45) is 0 Å². The maximum atomic E-state index is 2.38. The van der Waals surface area contributed by atoms with Crippen LogP contribution in [0, 0.1) is 0 Å². The maximum absolute atomic E-state index is 2.38. The summed E-state index contributed by atoms with van der Waals surface area (Å²) in [5.41, 5.74) is 12.3. The summed E-state index contributed by atoms with van der Waals surface area (Å²) in [5, 5.41) is 2.57. The number of rotatable bonds is 6. The molecule has 45 heavy (non-hydrogen) atoms. The third-order valence-corrected chi connectivity index (χ3v) is 9.80. The second-order valence-electron chi connectivity index (χ2n) is 11.3. The quantitative estimate of drug-likeness (QED) is 0.181. The van der Waals surface area contributed by atoms with E-state index in [1.807, 2.05) is 11.3 Å². The highest BCUT2D eigenvalue weighted by Crippen LogP contribution is 2.51. The predicted molar refractivity (Wildman–Crippen MR) is 194 cm³/mol. The molecule has 0 aliphatic carbocycles. The summed E-state index contributed by atoms with van der Waals surface area (Å²) in [4.78, 5) is 2.59. The Morgan fingerprint density at radius 3 is 1.11 bits per heavy atom. The van der Waals surface area contributed by atoms with Crippen LogP contribution in [0.4, 0.5) is 0 Å². The Morgan fingerprint density at radius 2 is 0.622 bits per heavy atom. The predicted octanol–water partition coefficient (Wildman–Crippen LogP) is 12.9. The summed E-state index contributed by atoms with van der Waals surface area (Å²) in [6.07, 6.45) is 0. The van der Waals surface area contributed by atoms with E-state index < -0.39 is 0 Å². The molecule has 0 aliphatic heterocycles. The lowest BCUT2D eigenvalue weighted by Gasteiger charge is -2.18. The first-order chi connectivity index (χ1) is 22.3. The SMILES string of the molecule is c1ccc(-c2ccc(-c3sc(-c4c(-c5ccccc5)cc(-c5ccccc5)cc4-c4ccccc4)c4ccccc34)cc2)cc1. The topological polar surface area (TPSA) is 0 Å². The Balaban J connectivity index is 1.40. The first-order valence-corrected chi connectivity index (χ1v) is 16.2. The zero-order valence-corrected chi connectivity index (χ0v) is 25.5. The number of fused-ring (bicyclic) bond motifs is 1. The van der Waals surface area contributed by atoms with E-state index in [1.165, 1.54) is 76.2 Å². The van der Waals surface area contributed by atoms with Crippen LogP contribution in [0.2, 0.25) is 0 Å². The van der Waals surface area contributed by atoms with E-state index in [9.17, 15) is 0 Å². The molecule has 0 atom stereocenters. The smallest absolute Gasteiger partial charge is 0.0440 e. The summed E-state index contributed by atoms with van der Waals surface area (Å²) in [7, 11) is 0. The Bertz CT molecular complexity index is 2150. The summed E-state index contributed by atoms with van der Waals surface area (Å²) in [6.45, 7) is 0. The third-order valence-electron chi connectivity index (χ3n) is 8.52. The highest BCUT2D eigenvalue weighted by atomic mass is 32.1. The van der Waals surface area contributed by atoms with Crippen molar-refractivity contribution in [2.75, 3.05) is 0 Å². The molecule has 0 bridgehead atoms. The van der Waals surface area contributed by atoms with Crippen LogP contribution in [0.25, 0.3) is 76.2 Å². The summed E-state index contributed by atoms with van der Waals surface area (Å²) >= 11 is 1.90. The van der Waals surface area contributed by atoms with Gasteiger partial charge in [-0.25, -0.2) is 0 Å². The van der Waals surface area contributed by atoms with Gasteiger partial charge in [-0.15, -0.1) is 11.3 Å². The molecule has 0 N–H and O–H groups in total. The third kappa shape index (κ3) is 5.18. The van der Waals surface area contributed by atoms with Crippen molar-refractivity contribution < 1.29 is 0 Å². The van der Waals surface area contributed by atoms with Gasteiger partial charge < -0.3 is 0 Å². The first-order valence-electron chi connectivity index (χ1n) is 15.4. The Kier molecular flexibility index (Phi) is 7.15.